The molecule has 0 aromatic carbocycles. The second kappa shape index (κ2) is 5.40. The van der Waals surface area contributed by atoms with Crippen molar-refractivity contribution in [2.75, 3.05) is 0 Å². The topological polar surface area (TPSA) is 9.23 Å². The normalized spacial score (nSPS) is 15.5. The van der Waals surface area contributed by atoms with Gasteiger partial charge >= 0.3 is 0 Å². The van der Waals surface area contributed by atoms with Crippen molar-refractivity contribution in [3.8, 4) is 0 Å². The smallest absolute Gasteiger partial charge is 0.241 e. The molecule has 0 unspecified atom stereocenters. The molecule has 1 atom stereocenters. The van der Waals surface area contributed by atoms with Crippen LogP contribution in [0.2, 0.25) is 19.6 Å². The highest BCUT2D eigenvalue weighted by Crippen LogP contribution is 2.18. The van der Waals surface area contributed by atoms with Crippen LogP contribution in [0.4, 0.5) is 0 Å². The molecule has 0 amide bonds. The fourth-order valence-corrected chi connectivity index (χ4v) is 2.35. The largest absolute Gasteiger partial charge is 0.548 e. The molecule has 2 heteroatoms. The fraction of sp³-hybridized carbons (Fsp3) is 0.667. The van der Waals surface area contributed by atoms with Crippen molar-refractivity contribution in [2.24, 2.45) is 11.8 Å². The number of hydrogen-bond donors (Lipinski definition) is 0. The van der Waals surface area contributed by atoms with Crippen LogP contribution in [0.15, 0.2) is 24.5 Å². The molecule has 14 heavy (non-hydrogen) atoms. The molecule has 82 valence electrons. The van der Waals surface area contributed by atoms with Crippen LogP contribution in [-0.4, -0.2) is 8.32 Å². The Morgan fingerprint density at radius 2 is 1.79 bits per heavy atom. The molecular formula is C12H24OSi. The zero-order valence-electron chi connectivity index (χ0n) is 10.4. The average Bonchev–Trinajstić information content (AvgIpc) is 1.96. The molecule has 0 aliphatic rings. The Balaban J connectivity index is 4.41. The summed E-state index contributed by atoms with van der Waals surface area (Å²) < 4.78 is 5.87. The third-order valence-corrected chi connectivity index (χ3v) is 2.87. The van der Waals surface area contributed by atoms with Crippen LogP contribution in [0.1, 0.15) is 20.8 Å². The van der Waals surface area contributed by atoms with Gasteiger partial charge in [-0.1, -0.05) is 19.9 Å². The summed E-state index contributed by atoms with van der Waals surface area (Å²) in [6.07, 6.45) is 4.16. The van der Waals surface area contributed by atoms with Gasteiger partial charge < -0.3 is 4.43 Å². The van der Waals surface area contributed by atoms with Crippen molar-refractivity contribution in [3.05, 3.63) is 24.5 Å². The van der Waals surface area contributed by atoms with Crippen LogP contribution >= 0.6 is 0 Å². The lowest BCUT2D eigenvalue weighted by atomic mass is 9.95. The van der Waals surface area contributed by atoms with Crippen LogP contribution in [0, 0.1) is 11.8 Å². The maximum atomic E-state index is 5.87. The van der Waals surface area contributed by atoms with Gasteiger partial charge in [-0.25, -0.2) is 0 Å². The zero-order chi connectivity index (χ0) is 11.4. The van der Waals surface area contributed by atoms with Crippen molar-refractivity contribution in [2.45, 2.75) is 40.4 Å². The maximum absolute atomic E-state index is 5.87. The first kappa shape index (κ1) is 13.5. The summed E-state index contributed by atoms with van der Waals surface area (Å²) in [5, 5.41) is 0. The van der Waals surface area contributed by atoms with E-state index in [0.717, 1.165) is 5.76 Å². The Hall–Kier alpha value is -0.503. The molecule has 0 rings (SSSR count). The quantitative estimate of drug-likeness (QED) is 0.377. The second-order valence-electron chi connectivity index (χ2n) is 5.05. The van der Waals surface area contributed by atoms with Gasteiger partial charge in [0.1, 0.15) is 0 Å². The molecule has 0 N–H and O–H groups in total. The molecule has 0 aromatic heterocycles. The van der Waals surface area contributed by atoms with Gasteiger partial charge in [0, 0.05) is 5.92 Å². The minimum atomic E-state index is -1.44. The lowest BCUT2D eigenvalue weighted by molar-refractivity contribution is 0.411. The summed E-state index contributed by atoms with van der Waals surface area (Å²) in [6, 6.07) is 0. The summed E-state index contributed by atoms with van der Waals surface area (Å²) in [5.74, 6) is 2.06. The van der Waals surface area contributed by atoms with Crippen LogP contribution in [0.5, 0.6) is 0 Å². The lowest BCUT2D eigenvalue weighted by Crippen LogP contribution is -2.24. The van der Waals surface area contributed by atoms with Gasteiger partial charge in [0.25, 0.3) is 0 Å². The van der Waals surface area contributed by atoms with E-state index in [1.165, 1.54) is 0 Å². The Labute approximate surface area is 90.0 Å². The van der Waals surface area contributed by atoms with E-state index in [-0.39, 0.29) is 0 Å². The van der Waals surface area contributed by atoms with E-state index in [9.17, 15) is 0 Å². The van der Waals surface area contributed by atoms with Gasteiger partial charge in [0.15, 0.2) is 0 Å². The second-order valence-corrected chi connectivity index (χ2v) is 9.48. The third kappa shape index (κ3) is 6.03. The SMILES string of the molecule is C=C[C@@H](/C=C(\C)O[Si](C)(C)C)C(C)C. The molecule has 0 saturated carbocycles. The van der Waals surface area contributed by atoms with Crippen molar-refractivity contribution in [3.63, 3.8) is 0 Å². The Kier molecular flexibility index (Phi) is 5.20. The van der Waals surface area contributed by atoms with Gasteiger partial charge in [-0.15, -0.1) is 6.58 Å². The standard InChI is InChI=1S/C12H24OSi/c1-8-12(10(2)3)9-11(4)13-14(5,6)7/h8-10,12H,1H2,2-7H3/b11-9+/t12-/m0/s1. The first-order chi connectivity index (χ1) is 6.26. The van der Waals surface area contributed by atoms with E-state index in [2.05, 4.69) is 46.1 Å². The first-order valence-corrected chi connectivity index (χ1v) is 8.67. The number of allylic oxidation sites excluding steroid dienone is 3. The Morgan fingerprint density at radius 1 is 1.29 bits per heavy atom. The molecule has 0 radical (unpaired) electrons. The van der Waals surface area contributed by atoms with Crippen LogP contribution < -0.4 is 0 Å². The van der Waals surface area contributed by atoms with Crippen LogP contribution in [0.25, 0.3) is 0 Å². The monoisotopic (exact) mass is 212 g/mol. The molecule has 0 aliphatic heterocycles. The minimum Gasteiger partial charge on any atom is -0.548 e. The molecule has 1 nitrogen and oxygen atoms in total. The summed E-state index contributed by atoms with van der Waals surface area (Å²) in [7, 11) is -1.44. The zero-order valence-corrected chi connectivity index (χ0v) is 11.4. The van der Waals surface area contributed by atoms with Crippen LogP contribution in [0.3, 0.4) is 0 Å². The van der Waals surface area contributed by atoms with E-state index in [0.29, 0.717) is 11.8 Å². The predicted octanol–water partition coefficient (Wildman–Crippen LogP) is 4.20. The summed E-state index contributed by atoms with van der Waals surface area (Å²) in [4.78, 5) is 0. The number of rotatable bonds is 5. The van der Waals surface area contributed by atoms with E-state index in [1.807, 2.05) is 13.0 Å². The van der Waals surface area contributed by atoms with E-state index in [4.69, 9.17) is 4.43 Å². The Morgan fingerprint density at radius 3 is 2.07 bits per heavy atom. The van der Waals surface area contributed by atoms with E-state index in [1.54, 1.807) is 0 Å². The lowest BCUT2D eigenvalue weighted by Gasteiger charge is -2.21. The predicted molar refractivity (Wildman–Crippen MR) is 66.7 cm³/mol. The van der Waals surface area contributed by atoms with Crippen molar-refractivity contribution >= 4 is 8.32 Å². The average molecular weight is 212 g/mol. The van der Waals surface area contributed by atoms with Crippen molar-refractivity contribution < 1.29 is 4.43 Å². The highest BCUT2D eigenvalue weighted by molar-refractivity contribution is 6.70. The molecule has 0 bridgehead atoms. The molecule has 0 spiro atoms. The summed E-state index contributed by atoms with van der Waals surface area (Å²) in [6.45, 7) is 16.9. The van der Waals surface area contributed by atoms with Gasteiger partial charge in [-0.05, 0) is 38.6 Å². The van der Waals surface area contributed by atoms with Crippen molar-refractivity contribution in [1.29, 1.82) is 0 Å². The molecule has 0 aromatic rings. The highest BCUT2D eigenvalue weighted by Gasteiger charge is 2.16. The summed E-state index contributed by atoms with van der Waals surface area (Å²) >= 11 is 0. The van der Waals surface area contributed by atoms with Crippen LogP contribution in [-0.2, 0) is 4.43 Å². The van der Waals surface area contributed by atoms with Gasteiger partial charge in [-0.3, -0.25) is 0 Å². The highest BCUT2D eigenvalue weighted by atomic mass is 28.4. The molecule has 0 fully saturated rings. The van der Waals surface area contributed by atoms with Gasteiger partial charge in [0.2, 0.25) is 8.32 Å². The van der Waals surface area contributed by atoms with E-state index < -0.39 is 8.32 Å². The molecular weight excluding hydrogens is 188 g/mol. The van der Waals surface area contributed by atoms with E-state index >= 15 is 0 Å². The first-order valence-electron chi connectivity index (χ1n) is 5.26. The molecule has 0 heterocycles. The summed E-state index contributed by atoms with van der Waals surface area (Å²) in [5.41, 5.74) is 0. The molecule has 0 aliphatic carbocycles. The van der Waals surface area contributed by atoms with Crippen molar-refractivity contribution in [1.82, 2.24) is 0 Å². The molecule has 0 saturated heterocycles. The van der Waals surface area contributed by atoms with Gasteiger partial charge in [-0.2, -0.15) is 0 Å². The third-order valence-electron chi connectivity index (χ3n) is 1.94. The Bertz CT molecular complexity index is 211. The van der Waals surface area contributed by atoms with Gasteiger partial charge in [0.05, 0.1) is 5.76 Å². The maximum Gasteiger partial charge on any atom is 0.241 e. The fourth-order valence-electron chi connectivity index (χ4n) is 1.32. The minimum absolute atomic E-state index is 0.423. The number of hydrogen-bond acceptors (Lipinski definition) is 1.